The van der Waals surface area contributed by atoms with Crippen molar-refractivity contribution in [3.8, 4) is 5.75 Å². The number of hydrogen-bond acceptors (Lipinski definition) is 7. The number of anilines is 1. The van der Waals surface area contributed by atoms with Crippen molar-refractivity contribution in [1.29, 1.82) is 0 Å². The number of ketones is 1. The molecule has 0 radical (unpaired) electrons. The maximum absolute atomic E-state index is 13.7. The summed E-state index contributed by atoms with van der Waals surface area (Å²) in [5.74, 6) is -1.30. The molecule has 2 aromatic heterocycles. The molecule has 4 aromatic rings. The second-order valence-corrected chi connectivity index (χ2v) is 9.31. The van der Waals surface area contributed by atoms with E-state index >= 15 is 0 Å². The van der Waals surface area contributed by atoms with E-state index in [1.54, 1.807) is 42.5 Å². The first-order valence-electron chi connectivity index (χ1n) is 11.0. The zero-order chi connectivity index (χ0) is 24.7. The van der Waals surface area contributed by atoms with E-state index in [0.717, 1.165) is 16.0 Å². The number of para-hydroxylation sites is 1. The smallest absolute Gasteiger partial charge is 0.296 e. The van der Waals surface area contributed by atoms with Gasteiger partial charge < -0.3 is 14.3 Å². The summed E-state index contributed by atoms with van der Waals surface area (Å²) in [4.78, 5) is 33.9. The Morgan fingerprint density at radius 3 is 2.74 bits per heavy atom. The van der Waals surface area contributed by atoms with Gasteiger partial charge in [0, 0.05) is 10.3 Å². The second-order valence-electron chi connectivity index (χ2n) is 8.13. The molecule has 0 fully saturated rings. The molecule has 0 saturated heterocycles. The molecule has 3 heterocycles. The fourth-order valence-corrected chi connectivity index (χ4v) is 5.00. The molecule has 35 heavy (non-hydrogen) atoms. The second kappa shape index (κ2) is 8.88. The molecule has 0 spiro atoms. The summed E-state index contributed by atoms with van der Waals surface area (Å²) >= 11 is 1.32. The third-order valence-corrected chi connectivity index (χ3v) is 6.94. The summed E-state index contributed by atoms with van der Waals surface area (Å²) in [6.45, 7) is 7.72. The number of amides is 1. The van der Waals surface area contributed by atoms with Crippen LogP contribution in [-0.2, 0) is 4.79 Å². The van der Waals surface area contributed by atoms with Gasteiger partial charge in [0.1, 0.15) is 17.9 Å². The zero-order valence-corrected chi connectivity index (χ0v) is 20.0. The Morgan fingerprint density at radius 2 is 2.03 bits per heavy atom. The van der Waals surface area contributed by atoms with Gasteiger partial charge in [0.2, 0.25) is 5.78 Å². The largest absolute Gasteiger partial charge is 0.503 e. The number of benzene rings is 2. The topological polar surface area (TPSA) is 92.9 Å². The minimum absolute atomic E-state index is 0.0398. The molecule has 1 amide bonds. The van der Waals surface area contributed by atoms with Crippen molar-refractivity contribution in [2.75, 3.05) is 11.5 Å². The molecule has 1 unspecified atom stereocenters. The highest BCUT2D eigenvalue weighted by molar-refractivity contribution is 7.15. The maximum Gasteiger partial charge on any atom is 0.296 e. The highest BCUT2D eigenvalue weighted by atomic mass is 32.1. The lowest BCUT2D eigenvalue weighted by atomic mass is 9.95. The first kappa shape index (κ1) is 22.6. The average molecular weight is 487 g/mol. The van der Waals surface area contributed by atoms with Crippen LogP contribution in [0.25, 0.3) is 11.0 Å². The Labute approximate surface area is 205 Å². The van der Waals surface area contributed by atoms with E-state index in [1.165, 1.54) is 16.2 Å². The molecule has 1 atom stereocenters. The molecule has 1 aliphatic heterocycles. The predicted molar refractivity (Wildman–Crippen MR) is 134 cm³/mol. The van der Waals surface area contributed by atoms with Crippen LogP contribution in [0.5, 0.6) is 5.75 Å². The lowest BCUT2D eigenvalue weighted by Gasteiger charge is -2.24. The average Bonchev–Trinajstić information content (AvgIpc) is 3.51. The van der Waals surface area contributed by atoms with Crippen molar-refractivity contribution in [3.63, 3.8) is 0 Å². The lowest BCUT2D eigenvalue weighted by Crippen LogP contribution is -2.31. The van der Waals surface area contributed by atoms with E-state index in [1.807, 2.05) is 32.0 Å². The summed E-state index contributed by atoms with van der Waals surface area (Å²) in [7, 11) is 0. The van der Waals surface area contributed by atoms with Crippen LogP contribution < -0.4 is 9.64 Å². The van der Waals surface area contributed by atoms with Crippen molar-refractivity contribution in [2.45, 2.75) is 19.9 Å². The number of fused-ring (bicyclic) bond motifs is 1. The first-order valence-corrected chi connectivity index (χ1v) is 11.8. The molecule has 0 aliphatic carbocycles. The summed E-state index contributed by atoms with van der Waals surface area (Å²) in [5, 5.41) is 12.1. The molecule has 5 rings (SSSR count). The van der Waals surface area contributed by atoms with E-state index in [2.05, 4.69) is 11.6 Å². The van der Waals surface area contributed by atoms with E-state index in [-0.39, 0.29) is 11.3 Å². The van der Waals surface area contributed by atoms with E-state index in [4.69, 9.17) is 9.15 Å². The van der Waals surface area contributed by atoms with Gasteiger partial charge >= 0.3 is 0 Å². The van der Waals surface area contributed by atoms with Gasteiger partial charge in [-0.3, -0.25) is 14.5 Å². The molecule has 0 bridgehead atoms. The van der Waals surface area contributed by atoms with Crippen molar-refractivity contribution in [3.05, 3.63) is 100 Å². The molecule has 8 heteroatoms. The highest BCUT2D eigenvalue weighted by Crippen LogP contribution is 2.44. The van der Waals surface area contributed by atoms with Gasteiger partial charge in [-0.25, -0.2) is 4.98 Å². The Bertz CT molecular complexity index is 1460. The number of aromatic nitrogens is 1. The molecular weight excluding hydrogens is 464 g/mol. The Kier molecular flexibility index (Phi) is 5.74. The summed E-state index contributed by atoms with van der Waals surface area (Å²) < 4.78 is 11.5. The Balaban J connectivity index is 1.65. The van der Waals surface area contributed by atoms with Gasteiger partial charge in [-0.2, -0.15) is 0 Å². The predicted octanol–water partition coefficient (Wildman–Crippen LogP) is 5.85. The standard InChI is InChI=1S/C27H22N2O5S/c1-4-12-33-19-10-7-9-18(13-19)23-22(24(30)21-14-17-8-5-6-11-20(17)34-21)25(31)26(32)29(23)27-28-15(2)16(3)35-27/h4-11,13-14,23,31H,1,12H2,2-3H3. The van der Waals surface area contributed by atoms with Gasteiger partial charge in [0.15, 0.2) is 16.7 Å². The summed E-state index contributed by atoms with van der Waals surface area (Å²) in [5.41, 5.74) is 1.84. The highest BCUT2D eigenvalue weighted by Gasteiger charge is 2.46. The van der Waals surface area contributed by atoms with Gasteiger partial charge in [0.05, 0.1) is 17.3 Å². The molecule has 0 saturated carbocycles. The van der Waals surface area contributed by atoms with E-state index in [0.29, 0.717) is 28.6 Å². The third-order valence-electron chi connectivity index (χ3n) is 5.87. The molecule has 7 nitrogen and oxygen atoms in total. The van der Waals surface area contributed by atoms with Gasteiger partial charge in [-0.15, -0.1) is 11.3 Å². The van der Waals surface area contributed by atoms with Crippen molar-refractivity contribution in [1.82, 2.24) is 4.98 Å². The number of furan rings is 1. The van der Waals surface area contributed by atoms with E-state index in [9.17, 15) is 14.7 Å². The number of aliphatic hydroxyl groups excluding tert-OH is 1. The molecule has 176 valence electrons. The third kappa shape index (κ3) is 3.91. The number of aliphatic hydroxyl groups is 1. The minimum atomic E-state index is -0.916. The van der Waals surface area contributed by atoms with Crippen LogP contribution in [0.3, 0.4) is 0 Å². The molecule has 2 aromatic carbocycles. The number of hydrogen-bond donors (Lipinski definition) is 1. The Morgan fingerprint density at radius 1 is 1.23 bits per heavy atom. The van der Waals surface area contributed by atoms with E-state index < -0.39 is 23.5 Å². The SMILES string of the molecule is C=CCOc1cccc(C2C(C(=O)c3cc4ccccc4o3)=C(O)C(=O)N2c2nc(C)c(C)s2)c1. The van der Waals surface area contributed by atoms with Crippen LogP contribution in [0.15, 0.2) is 83.0 Å². The summed E-state index contributed by atoms with van der Waals surface area (Å²) in [6.07, 6.45) is 1.63. The van der Waals surface area contributed by atoms with Crippen molar-refractivity contribution < 1.29 is 23.8 Å². The van der Waals surface area contributed by atoms with Gasteiger partial charge in [-0.1, -0.05) is 43.0 Å². The number of carbonyl (C=O) groups is 2. The number of rotatable bonds is 7. The molecule has 1 N–H and O–H groups in total. The number of thiazole rings is 1. The lowest BCUT2D eigenvalue weighted by molar-refractivity contribution is -0.117. The number of Topliss-reactive ketones (excluding diaryl/α,β-unsaturated/α-hetero) is 1. The fourth-order valence-electron chi connectivity index (χ4n) is 4.06. The Hall–Kier alpha value is -4.17. The van der Waals surface area contributed by atoms with Crippen LogP contribution in [0.1, 0.15) is 32.7 Å². The monoisotopic (exact) mass is 486 g/mol. The zero-order valence-electron chi connectivity index (χ0n) is 19.1. The van der Waals surface area contributed by atoms with Crippen molar-refractivity contribution in [2.24, 2.45) is 0 Å². The quantitative estimate of drug-likeness (QED) is 0.260. The normalized spacial score (nSPS) is 15.8. The van der Waals surface area contributed by atoms with Gasteiger partial charge in [-0.05, 0) is 43.7 Å². The number of carbonyl (C=O) groups excluding carboxylic acids is 2. The number of nitrogens with zero attached hydrogens (tertiary/aromatic N) is 2. The van der Waals surface area contributed by atoms with Crippen LogP contribution in [-0.4, -0.2) is 28.4 Å². The first-order chi connectivity index (χ1) is 16.9. The minimum Gasteiger partial charge on any atom is -0.503 e. The van der Waals surface area contributed by atoms with Crippen LogP contribution in [0.2, 0.25) is 0 Å². The number of ether oxygens (including phenoxy) is 1. The van der Waals surface area contributed by atoms with Crippen molar-refractivity contribution >= 4 is 39.1 Å². The maximum atomic E-state index is 13.7. The van der Waals surface area contributed by atoms with Gasteiger partial charge in [0.25, 0.3) is 5.91 Å². The molecular formula is C27H22N2O5S. The fraction of sp³-hybridized carbons (Fsp3) is 0.148. The molecule has 1 aliphatic rings. The van der Waals surface area contributed by atoms with Crippen LogP contribution >= 0.6 is 11.3 Å². The van der Waals surface area contributed by atoms with Crippen LogP contribution in [0.4, 0.5) is 5.13 Å². The number of aryl methyl sites for hydroxylation is 2. The summed E-state index contributed by atoms with van der Waals surface area (Å²) in [6, 6.07) is 15.0. The van der Waals surface area contributed by atoms with Crippen LogP contribution in [0, 0.1) is 13.8 Å².